The van der Waals surface area contributed by atoms with Crippen LogP contribution in [0.5, 0.6) is 5.75 Å². The van der Waals surface area contributed by atoms with Gasteiger partial charge in [0.05, 0.1) is 65.9 Å². The molecule has 0 spiro atoms. The van der Waals surface area contributed by atoms with Gasteiger partial charge in [0.2, 0.25) is 17.8 Å². The summed E-state index contributed by atoms with van der Waals surface area (Å²) in [5.74, 6) is 0.293. The molecule has 2 heterocycles. The molecule has 1 aliphatic carbocycles. The van der Waals surface area contributed by atoms with Crippen molar-refractivity contribution >= 4 is 29.5 Å². The van der Waals surface area contributed by atoms with E-state index >= 15 is 4.39 Å². The van der Waals surface area contributed by atoms with Crippen LogP contribution in [0.1, 0.15) is 64.7 Å². The Morgan fingerprint density at radius 1 is 0.898 bits per heavy atom. The Labute approximate surface area is 288 Å². The summed E-state index contributed by atoms with van der Waals surface area (Å²) < 4.78 is 41.5. The number of esters is 1. The highest BCUT2D eigenvalue weighted by Crippen LogP contribution is 2.26. The number of nitrogens with zero attached hydrogens (tertiary/aromatic N) is 3. The SMILES string of the molecule is CCC(Nc1nc(NCC2CCCCC2)nc(Nc2ccc(OC(=O)CCOCCOCCOCCOCCO)c(F)c2)n1)C1CCCN1. The lowest BCUT2D eigenvalue weighted by molar-refractivity contribution is -0.135. The molecule has 5 N–H and O–H groups in total. The molecule has 1 aromatic heterocycles. The monoisotopic (exact) mass is 691 g/mol. The van der Waals surface area contributed by atoms with Crippen molar-refractivity contribution in [3.05, 3.63) is 24.0 Å². The zero-order chi connectivity index (χ0) is 34.5. The van der Waals surface area contributed by atoms with Crippen LogP contribution < -0.4 is 26.0 Å². The molecule has 1 saturated heterocycles. The Hall–Kier alpha value is -3.21. The molecule has 0 amide bonds. The average Bonchev–Trinajstić information content (AvgIpc) is 3.65. The molecule has 15 heteroatoms. The number of halogens is 1. The Kier molecular flexibility index (Phi) is 17.7. The molecule has 2 fully saturated rings. The van der Waals surface area contributed by atoms with Gasteiger partial charge in [0.25, 0.3) is 0 Å². The van der Waals surface area contributed by atoms with E-state index in [1.807, 2.05) is 0 Å². The molecule has 1 aliphatic heterocycles. The van der Waals surface area contributed by atoms with Crippen LogP contribution in [0.25, 0.3) is 0 Å². The zero-order valence-corrected chi connectivity index (χ0v) is 28.7. The minimum Gasteiger partial charge on any atom is -0.423 e. The number of anilines is 4. The molecule has 49 heavy (non-hydrogen) atoms. The molecule has 4 rings (SSSR count). The van der Waals surface area contributed by atoms with E-state index in [1.165, 1.54) is 44.2 Å². The Balaban J connectivity index is 1.23. The van der Waals surface area contributed by atoms with Gasteiger partial charge in [-0.05, 0) is 56.7 Å². The molecule has 2 atom stereocenters. The normalized spacial score (nSPS) is 17.2. The first-order valence-electron chi connectivity index (χ1n) is 17.7. The summed E-state index contributed by atoms with van der Waals surface area (Å²) in [4.78, 5) is 26.2. The smallest absolute Gasteiger partial charge is 0.313 e. The molecule has 0 radical (unpaired) electrons. The van der Waals surface area contributed by atoms with E-state index in [2.05, 4.69) is 43.1 Å². The summed E-state index contributed by atoms with van der Waals surface area (Å²) in [5.41, 5.74) is 0.404. The maximum Gasteiger partial charge on any atom is 0.313 e. The van der Waals surface area contributed by atoms with Crippen molar-refractivity contribution in [2.24, 2.45) is 5.92 Å². The first kappa shape index (κ1) is 38.6. The Morgan fingerprint density at radius 3 is 2.22 bits per heavy atom. The van der Waals surface area contributed by atoms with E-state index in [0.29, 0.717) is 75.8 Å². The van der Waals surface area contributed by atoms with E-state index in [-0.39, 0.29) is 37.4 Å². The second-order valence-electron chi connectivity index (χ2n) is 12.2. The summed E-state index contributed by atoms with van der Waals surface area (Å²) in [7, 11) is 0. The van der Waals surface area contributed by atoms with Crippen LogP contribution in [-0.4, -0.2) is 111 Å². The van der Waals surface area contributed by atoms with Crippen LogP contribution in [-0.2, 0) is 23.7 Å². The molecule has 2 unspecified atom stereocenters. The summed E-state index contributed by atoms with van der Waals surface area (Å²) in [6.07, 6.45) is 9.28. The van der Waals surface area contributed by atoms with E-state index in [1.54, 1.807) is 6.07 Å². The van der Waals surface area contributed by atoms with Crippen molar-refractivity contribution in [3.8, 4) is 5.75 Å². The minimum atomic E-state index is -0.698. The number of hydrogen-bond donors (Lipinski definition) is 5. The highest BCUT2D eigenvalue weighted by Gasteiger charge is 2.24. The first-order chi connectivity index (χ1) is 24.0. The molecule has 2 aliphatic rings. The van der Waals surface area contributed by atoms with E-state index in [0.717, 1.165) is 32.4 Å². The van der Waals surface area contributed by atoms with Crippen molar-refractivity contribution in [1.29, 1.82) is 0 Å². The number of nitrogens with one attached hydrogen (secondary N) is 4. The second-order valence-corrected chi connectivity index (χ2v) is 12.2. The maximum absolute atomic E-state index is 15.0. The number of aliphatic hydroxyl groups excluding tert-OH is 1. The predicted molar refractivity (Wildman–Crippen MR) is 184 cm³/mol. The van der Waals surface area contributed by atoms with Crippen LogP contribution in [0, 0.1) is 11.7 Å². The lowest BCUT2D eigenvalue weighted by Gasteiger charge is -2.24. The highest BCUT2D eigenvalue weighted by atomic mass is 19.1. The number of benzene rings is 1. The van der Waals surface area contributed by atoms with Gasteiger partial charge >= 0.3 is 5.97 Å². The lowest BCUT2D eigenvalue weighted by atomic mass is 9.89. The molecule has 1 aromatic carbocycles. The van der Waals surface area contributed by atoms with Gasteiger partial charge in [0, 0.05) is 30.4 Å². The van der Waals surface area contributed by atoms with E-state index < -0.39 is 11.8 Å². The molecular weight excluding hydrogens is 637 g/mol. The van der Waals surface area contributed by atoms with Crippen molar-refractivity contribution in [2.45, 2.75) is 76.8 Å². The number of aliphatic hydroxyl groups is 1. The third-order valence-electron chi connectivity index (χ3n) is 8.46. The second kappa shape index (κ2) is 22.5. The molecule has 2 aromatic rings. The maximum atomic E-state index is 15.0. The average molecular weight is 692 g/mol. The molecular formula is C34H54FN7O7. The molecule has 0 bridgehead atoms. The van der Waals surface area contributed by atoms with Crippen molar-refractivity contribution in [3.63, 3.8) is 0 Å². The third-order valence-corrected chi connectivity index (χ3v) is 8.46. The predicted octanol–water partition coefficient (Wildman–Crippen LogP) is 4.04. The van der Waals surface area contributed by atoms with Gasteiger partial charge in [-0.3, -0.25) is 4.79 Å². The van der Waals surface area contributed by atoms with Gasteiger partial charge in [0.15, 0.2) is 11.6 Å². The summed E-state index contributed by atoms with van der Waals surface area (Å²) in [6.45, 7) is 6.63. The van der Waals surface area contributed by atoms with Crippen LogP contribution in [0.2, 0.25) is 0 Å². The highest BCUT2D eigenvalue weighted by molar-refractivity contribution is 5.73. The van der Waals surface area contributed by atoms with Gasteiger partial charge in [0.1, 0.15) is 0 Å². The van der Waals surface area contributed by atoms with E-state index in [9.17, 15) is 4.79 Å². The van der Waals surface area contributed by atoms with Gasteiger partial charge < -0.3 is 50.1 Å². The van der Waals surface area contributed by atoms with Gasteiger partial charge in [-0.15, -0.1) is 0 Å². The number of rotatable bonds is 24. The largest absolute Gasteiger partial charge is 0.423 e. The van der Waals surface area contributed by atoms with Crippen molar-refractivity contribution in [1.82, 2.24) is 20.3 Å². The Bertz CT molecular complexity index is 1240. The van der Waals surface area contributed by atoms with Crippen LogP contribution in [0.4, 0.5) is 27.9 Å². The minimum absolute atomic E-state index is 0.0109. The lowest BCUT2D eigenvalue weighted by Crippen LogP contribution is -2.40. The quantitative estimate of drug-likeness (QED) is 0.0607. The number of carbonyl (C=O) groups is 1. The molecule has 1 saturated carbocycles. The fourth-order valence-corrected chi connectivity index (χ4v) is 5.86. The van der Waals surface area contributed by atoms with Crippen molar-refractivity contribution in [2.75, 3.05) is 88.5 Å². The first-order valence-corrected chi connectivity index (χ1v) is 17.7. The van der Waals surface area contributed by atoms with Gasteiger partial charge in [-0.25, -0.2) is 4.39 Å². The molecule has 274 valence electrons. The van der Waals surface area contributed by atoms with E-state index in [4.69, 9.17) is 28.8 Å². The molecule has 14 nitrogen and oxygen atoms in total. The number of aromatic nitrogens is 3. The number of ether oxygens (including phenoxy) is 5. The fraction of sp³-hybridized carbons (Fsp3) is 0.706. The van der Waals surface area contributed by atoms with Gasteiger partial charge in [-0.1, -0.05) is 26.2 Å². The third kappa shape index (κ3) is 14.7. The topological polar surface area (TPSA) is 170 Å². The number of hydrogen-bond acceptors (Lipinski definition) is 14. The summed E-state index contributed by atoms with van der Waals surface area (Å²) in [6, 6.07) is 4.74. The summed E-state index contributed by atoms with van der Waals surface area (Å²) in [5, 5.41) is 22.2. The zero-order valence-electron chi connectivity index (χ0n) is 28.7. The van der Waals surface area contributed by atoms with Crippen LogP contribution >= 0.6 is 0 Å². The van der Waals surface area contributed by atoms with Crippen molar-refractivity contribution < 1.29 is 38.0 Å². The Morgan fingerprint density at radius 2 is 1.57 bits per heavy atom. The van der Waals surface area contributed by atoms with Gasteiger partial charge in [-0.2, -0.15) is 15.0 Å². The van der Waals surface area contributed by atoms with Crippen LogP contribution in [0.15, 0.2) is 18.2 Å². The standard InChI is InChI=1S/C34H54FN7O7/c1-2-28(29-9-6-13-36-29)39-34-41-32(37-24-25-7-4-3-5-8-25)40-33(42-34)38-26-10-11-30(27(35)23-26)49-31(44)12-15-45-17-19-47-21-22-48-20-18-46-16-14-43/h10-11,23,25,28-29,36,43H,2-9,12-22,24H2,1H3,(H3,37,38,39,40,41,42). The summed E-state index contributed by atoms with van der Waals surface area (Å²) >= 11 is 0. The fourth-order valence-electron chi connectivity index (χ4n) is 5.86. The number of carbonyl (C=O) groups excluding carboxylic acids is 1. The van der Waals surface area contributed by atoms with Crippen LogP contribution in [0.3, 0.4) is 0 Å².